The van der Waals surface area contributed by atoms with Crippen LogP contribution in [-0.2, 0) is 32.3 Å². The predicted octanol–water partition coefficient (Wildman–Crippen LogP) is 3.47. The molecule has 2 aromatic rings. The molecular weight excluding hydrogens is 382 g/mol. The van der Waals surface area contributed by atoms with E-state index < -0.39 is 5.97 Å². The highest BCUT2D eigenvalue weighted by Crippen LogP contribution is 2.32. The third-order valence-electron chi connectivity index (χ3n) is 4.00. The van der Waals surface area contributed by atoms with Crippen molar-refractivity contribution in [2.75, 3.05) is 13.3 Å². The highest BCUT2D eigenvalue weighted by molar-refractivity contribution is 6.30. The summed E-state index contributed by atoms with van der Waals surface area (Å²) in [6, 6.07) is 12.9. The number of nitrogens with one attached hydrogen (secondary N) is 1. The number of amides is 1. The lowest BCUT2D eigenvalue weighted by molar-refractivity contribution is -0.144. The van der Waals surface area contributed by atoms with Gasteiger partial charge in [-0.25, -0.2) is 0 Å². The van der Waals surface area contributed by atoms with Gasteiger partial charge in [0.15, 0.2) is 6.79 Å². The largest absolute Gasteiger partial charge is 0.467 e. The molecule has 1 amide bonds. The van der Waals surface area contributed by atoms with Gasteiger partial charge >= 0.3 is 5.97 Å². The van der Waals surface area contributed by atoms with Crippen LogP contribution < -0.4 is 10.1 Å². The second-order valence-corrected chi connectivity index (χ2v) is 6.55. The van der Waals surface area contributed by atoms with Crippen molar-refractivity contribution >= 4 is 29.6 Å². The van der Waals surface area contributed by atoms with Gasteiger partial charge in [0, 0.05) is 28.8 Å². The Bertz CT molecular complexity index is 867. The lowest BCUT2D eigenvalue weighted by Gasteiger charge is -2.21. The average molecular weight is 402 g/mol. The summed E-state index contributed by atoms with van der Waals surface area (Å²) in [6.07, 6.45) is 3.20. The Kier molecular flexibility index (Phi) is 7.06. The summed E-state index contributed by atoms with van der Waals surface area (Å²) < 4.78 is 16.0. The van der Waals surface area contributed by atoms with E-state index in [4.69, 9.17) is 25.8 Å². The molecule has 28 heavy (non-hydrogen) atoms. The third-order valence-corrected chi connectivity index (χ3v) is 4.21. The first-order valence-corrected chi connectivity index (χ1v) is 9.18. The normalized spacial score (nSPS) is 12.9. The van der Waals surface area contributed by atoms with Crippen molar-refractivity contribution in [1.82, 2.24) is 5.32 Å². The maximum atomic E-state index is 11.9. The molecule has 0 bridgehead atoms. The molecule has 7 heteroatoms. The molecule has 0 fully saturated rings. The Morgan fingerprint density at radius 3 is 2.86 bits per heavy atom. The molecule has 1 heterocycles. The number of hydrogen-bond donors (Lipinski definition) is 1. The van der Waals surface area contributed by atoms with E-state index in [-0.39, 0.29) is 32.3 Å². The quantitative estimate of drug-likeness (QED) is 0.568. The zero-order valence-corrected chi connectivity index (χ0v) is 15.9. The number of rotatable bonds is 7. The van der Waals surface area contributed by atoms with E-state index in [9.17, 15) is 9.59 Å². The summed E-state index contributed by atoms with van der Waals surface area (Å²) >= 11 is 6.08. The van der Waals surface area contributed by atoms with Gasteiger partial charge in [0.05, 0.1) is 13.0 Å². The number of carbonyl (C=O) groups is 2. The van der Waals surface area contributed by atoms with E-state index in [1.165, 1.54) is 6.08 Å². The SMILES string of the molecule is O=C(/C=C/c1ccccc1)NCCC(=O)OCc1cc(Cl)cc2c1OCOC2. The van der Waals surface area contributed by atoms with Gasteiger partial charge < -0.3 is 19.5 Å². The molecule has 3 rings (SSSR count). The molecular formula is C21H20ClNO5. The van der Waals surface area contributed by atoms with E-state index in [0.717, 1.165) is 11.1 Å². The maximum absolute atomic E-state index is 11.9. The first-order valence-electron chi connectivity index (χ1n) is 8.80. The molecule has 0 spiro atoms. The van der Waals surface area contributed by atoms with Gasteiger partial charge in [-0.15, -0.1) is 0 Å². The van der Waals surface area contributed by atoms with Crippen LogP contribution >= 0.6 is 11.6 Å². The van der Waals surface area contributed by atoms with E-state index in [2.05, 4.69) is 5.32 Å². The average Bonchev–Trinajstić information content (AvgIpc) is 2.71. The summed E-state index contributed by atoms with van der Waals surface area (Å²) in [6.45, 7) is 0.788. The zero-order valence-electron chi connectivity index (χ0n) is 15.2. The monoisotopic (exact) mass is 401 g/mol. The standard InChI is InChI=1S/C21H20ClNO5/c22-18-10-16-12-26-14-28-21(16)17(11-18)13-27-20(25)8-9-23-19(24)7-6-15-4-2-1-3-5-15/h1-7,10-11H,8-9,12-14H2,(H,23,24)/b7-6+. The summed E-state index contributed by atoms with van der Waals surface area (Å²) in [4.78, 5) is 23.7. The van der Waals surface area contributed by atoms with Gasteiger partial charge in [0.1, 0.15) is 12.4 Å². The number of esters is 1. The van der Waals surface area contributed by atoms with Gasteiger partial charge in [-0.05, 0) is 23.8 Å². The lowest BCUT2D eigenvalue weighted by atomic mass is 10.1. The highest BCUT2D eigenvalue weighted by Gasteiger charge is 2.17. The molecule has 0 aliphatic carbocycles. The molecule has 0 radical (unpaired) electrons. The molecule has 2 aromatic carbocycles. The summed E-state index contributed by atoms with van der Waals surface area (Å²) in [7, 11) is 0. The van der Waals surface area contributed by atoms with Crippen LogP contribution in [0.3, 0.4) is 0 Å². The second-order valence-electron chi connectivity index (χ2n) is 6.11. The van der Waals surface area contributed by atoms with Crippen LogP contribution in [0.25, 0.3) is 6.08 Å². The van der Waals surface area contributed by atoms with Crippen LogP contribution in [0.1, 0.15) is 23.1 Å². The van der Waals surface area contributed by atoms with Gasteiger partial charge in [-0.3, -0.25) is 9.59 Å². The number of carbonyl (C=O) groups excluding carboxylic acids is 2. The van der Waals surface area contributed by atoms with Gasteiger partial charge in [-0.1, -0.05) is 41.9 Å². The van der Waals surface area contributed by atoms with Crippen molar-refractivity contribution in [3.8, 4) is 5.75 Å². The fourth-order valence-electron chi connectivity index (χ4n) is 2.68. The van der Waals surface area contributed by atoms with Crippen LogP contribution in [0.2, 0.25) is 5.02 Å². The molecule has 146 valence electrons. The van der Waals surface area contributed by atoms with Crippen molar-refractivity contribution in [2.24, 2.45) is 0 Å². The van der Waals surface area contributed by atoms with Gasteiger partial charge in [0.25, 0.3) is 0 Å². The number of hydrogen-bond acceptors (Lipinski definition) is 5. The minimum Gasteiger partial charge on any atom is -0.467 e. The van der Waals surface area contributed by atoms with Crippen LogP contribution in [0.15, 0.2) is 48.5 Å². The predicted molar refractivity (Wildman–Crippen MR) is 105 cm³/mol. The van der Waals surface area contributed by atoms with E-state index in [1.54, 1.807) is 18.2 Å². The molecule has 0 atom stereocenters. The van der Waals surface area contributed by atoms with Crippen LogP contribution in [0, 0.1) is 0 Å². The summed E-state index contributed by atoms with van der Waals surface area (Å²) in [5.74, 6) is -0.0510. The van der Waals surface area contributed by atoms with Crippen molar-refractivity contribution in [3.63, 3.8) is 0 Å². The number of ether oxygens (including phenoxy) is 3. The molecule has 0 aromatic heterocycles. The Morgan fingerprint density at radius 1 is 1.21 bits per heavy atom. The molecule has 0 saturated carbocycles. The highest BCUT2D eigenvalue weighted by atomic mass is 35.5. The van der Waals surface area contributed by atoms with Crippen molar-refractivity contribution in [1.29, 1.82) is 0 Å². The first-order chi connectivity index (χ1) is 13.6. The maximum Gasteiger partial charge on any atom is 0.307 e. The molecule has 1 aliphatic heterocycles. The Labute approximate surface area is 168 Å². The number of halogens is 1. The van der Waals surface area contributed by atoms with Crippen LogP contribution in [0.4, 0.5) is 0 Å². The second kappa shape index (κ2) is 9.92. The fourth-order valence-corrected chi connectivity index (χ4v) is 2.94. The van der Waals surface area contributed by atoms with E-state index in [0.29, 0.717) is 22.9 Å². The summed E-state index contributed by atoms with van der Waals surface area (Å²) in [5.41, 5.74) is 2.44. The first kappa shape index (κ1) is 19.9. The third kappa shape index (κ3) is 5.84. The number of benzene rings is 2. The Morgan fingerprint density at radius 2 is 2.04 bits per heavy atom. The van der Waals surface area contributed by atoms with Crippen LogP contribution in [-0.4, -0.2) is 25.2 Å². The molecule has 1 aliphatic rings. The van der Waals surface area contributed by atoms with Gasteiger partial charge in [-0.2, -0.15) is 0 Å². The van der Waals surface area contributed by atoms with E-state index >= 15 is 0 Å². The topological polar surface area (TPSA) is 73.9 Å². The van der Waals surface area contributed by atoms with Crippen LogP contribution in [0.5, 0.6) is 5.75 Å². The number of fused-ring (bicyclic) bond motifs is 1. The zero-order chi connectivity index (χ0) is 19.8. The van der Waals surface area contributed by atoms with E-state index in [1.807, 2.05) is 30.3 Å². The molecule has 1 N–H and O–H groups in total. The smallest absolute Gasteiger partial charge is 0.307 e. The van der Waals surface area contributed by atoms with Crippen molar-refractivity contribution < 1.29 is 23.8 Å². The molecule has 0 saturated heterocycles. The molecule has 6 nitrogen and oxygen atoms in total. The minimum absolute atomic E-state index is 0.0452. The van der Waals surface area contributed by atoms with Crippen molar-refractivity contribution in [3.05, 3.63) is 70.3 Å². The fraction of sp³-hybridized carbons (Fsp3) is 0.238. The van der Waals surface area contributed by atoms with Crippen molar-refractivity contribution in [2.45, 2.75) is 19.6 Å². The van der Waals surface area contributed by atoms with Gasteiger partial charge in [0.2, 0.25) is 5.91 Å². The summed E-state index contributed by atoms with van der Waals surface area (Å²) in [5, 5.41) is 3.18. The minimum atomic E-state index is -0.423. The molecule has 0 unspecified atom stereocenters. The Balaban J connectivity index is 1.42. The lowest BCUT2D eigenvalue weighted by Crippen LogP contribution is -2.24. The Hall–Kier alpha value is -2.83.